The Morgan fingerprint density at radius 1 is 1.04 bits per heavy atom. The van der Waals surface area contributed by atoms with Crippen LogP contribution in [0.15, 0.2) is 42.7 Å². The van der Waals surface area contributed by atoms with Crippen LogP contribution in [0.3, 0.4) is 0 Å². The maximum Gasteiger partial charge on any atom is 0.257 e. The standard InChI is InChI=1S/C20H24N4O3/c25-19(22-9-11-27-12-10-22)16-5-4-8-23(14-16)20(26)17-13-21-24(15-17)18-6-2-1-3-7-18/h1-3,6-7,13,15-16H,4-5,8-12,14H2. The second-order valence-corrected chi connectivity index (χ2v) is 7.04. The molecule has 1 aromatic carbocycles. The van der Waals surface area contributed by atoms with Gasteiger partial charge in [0.25, 0.3) is 5.91 Å². The number of rotatable bonds is 3. The van der Waals surface area contributed by atoms with Crippen molar-refractivity contribution in [2.24, 2.45) is 5.92 Å². The summed E-state index contributed by atoms with van der Waals surface area (Å²) in [6, 6.07) is 9.70. The molecule has 0 bridgehead atoms. The molecule has 1 unspecified atom stereocenters. The van der Waals surface area contributed by atoms with E-state index in [2.05, 4.69) is 5.10 Å². The van der Waals surface area contributed by atoms with Gasteiger partial charge in [0, 0.05) is 32.4 Å². The molecule has 27 heavy (non-hydrogen) atoms. The molecule has 2 aliphatic heterocycles. The molecular weight excluding hydrogens is 344 g/mol. The van der Waals surface area contributed by atoms with Crippen LogP contribution >= 0.6 is 0 Å². The van der Waals surface area contributed by atoms with E-state index in [1.54, 1.807) is 22.0 Å². The summed E-state index contributed by atoms with van der Waals surface area (Å²) in [5.74, 6) is -0.0302. The number of benzene rings is 1. The van der Waals surface area contributed by atoms with E-state index in [1.807, 2.05) is 35.2 Å². The van der Waals surface area contributed by atoms with Crippen molar-refractivity contribution in [3.05, 3.63) is 48.3 Å². The van der Waals surface area contributed by atoms with Gasteiger partial charge in [-0.1, -0.05) is 18.2 Å². The fraction of sp³-hybridized carbons (Fsp3) is 0.450. The highest BCUT2D eigenvalue weighted by Gasteiger charge is 2.32. The minimum atomic E-state index is -0.120. The van der Waals surface area contributed by atoms with E-state index in [4.69, 9.17) is 4.74 Å². The van der Waals surface area contributed by atoms with Crippen LogP contribution in [-0.2, 0) is 9.53 Å². The molecule has 0 radical (unpaired) electrons. The van der Waals surface area contributed by atoms with E-state index in [1.165, 1.54) is 0 Å². The lowest BCUT2D eigenvalue weighted by atomic mass is 9.96. The van der Waals surface area contributed by atoms with Gasteiger partial charge in [-0.25, -0.2) is 4.68 Å². The van der Waals surface area contributed by atoms with Gasteiger partial charge in [-0.05, 0) is 25.0 Å². The third kappa shape index (κ3) is 3.88. The van der Waals surface area contributed by atoms with Gasteiger partial charge in [-0.15, -0.1) is 0 Å². The van der Waals surface area contributed by atoms with E-state index >= 15 is 0 Å². The molecule has 2 aliphatic rings. The maximum atomic E-state index is 12.9. The number of para-hydroxylation sites is 1. The third-order valence-corrected chi connectivity index (χ3v) is 5.23. The summed E-state index contributed by atoms with van der Waals surface area (Å²) in [7, 11) is 0. The predicted molar refractivity (Wildman–Crippen MR) is 99.6 cm³/mol. The zero-order valence-corrected chi connectivity index (χ0v) is 15.3. The Morgan fingerprint density at radius 2 is 1.81 bits per heavy atom. The highest BCUT2D eigenvalue weighted by Crippen LogP contribution is 2.21. The van der Waals surface area contributed by atoms with E-state index in [9.17, 15) is 9.59 Å². The van der Waals surface area contributed by atoms with Crippen LogP contribution in [0.2, 0.25) is 0 Å². The quantitative estimate of drug-likeness (QED) is 0.825. The second kappa shape index (κ2) is 7.92. The molecule has 0 N–H and O–H groups in total. The number of aromatic nitrogens is 2. The topological polar surface area (TPSA) is 67.7 Å². The normalized spacial score (nSPS) is 20.5. The average Bonchev–Trinajstić information content (AvgIpc) is 3.24. The number of carbonyl (C=O) groups excluding carboxylic acids is 2. The van der Waals surface area contributed by atoms with E-state index < -0.39 is 0 Å². The first-order valence-electron chi connectivity index (χ1n) is 9.48. The van der Waals surface area contributed by atoms with Crippen LogP contribution in [0, 0.1) is 5.92 Å². The molecule has 1 atom stereocenters. The van der Waals surface area contributed by atoms with Crippen molar-refractivity contribution in [1.82, 2.24) is 19.6 Å². The van der Waals surface area contributed by atoms with Crippen molar-refractivity contribution >= 4 is 11.8 Å². The zero-order valence-electron chi connectivity index (χ0n) is 15.3. The summed E-state index contributed by atoms with van der Waals surface area (Å²) in [6.45, 7) is 3.65. The van der Waals surface area contributed by atoms with Crippen LogP contribution in [-0.4, -0.2) is 70.8 Å². The first-order chi connectivity index (χ1) is 13.2. The molecule has 1 aromatic heterocycles. The second-order valence-electron chi connectivity index (χ2n) is 7.04. The van der Waals surface area contributed by atoms with Crippen molar-refractivity contribution < 1.29 is 14.3 Å². The first kappa shape index (κ1) is 17.7. The zero-order chi connectivity index (χ0) is 18.6. The Balaban J connectivity index is 1.43. The molecule has 0 saturated carbocycles. The predicted octanol–water partition coefficient (Wildman–Crippen LogP) is 1.58. The number of ether oxygens (including phenoxy) is 1. The summed E-state index contributed by atoms with van der Waals surface area (Å²) >= 11 is 0. The van der Waals surface area contributed by atoms with Crippen molar-refractivity contribution in [2.75, 3.05) is 39.4 Å². The van der Waals surface area contributed by atoms with Gasteiger partial charge in [0.05, 0.1) is 36.6 Å². The molecule has 2 fully saturated rings. The Morgan fingerprint density at radius 3 is 2.59 bits per heavy atom. The van der Waals surface area contributed by atoms with E-state index in [0.717, 1.165) is 18.5 Å². The van der Waals surface area contributed by atoms with Gasteiger partial charge < -0.3 is 14.5 Å². The fourth-order valence-electron chi connectivity index (χ4n) is 3.74. The van der Waals surface area contributed by atoms with Crippen molar-refractivity contribution in [3.8, 4) is 5.69 Å². The van der Waals surface area contributed by atoms with E-state index in [0.29, 0.717) is 45.0 Å². The molecule has 2 aromatic rings. The van der Waals surface area contributed by atoms with Crippen molar-refractivity contribution in [3.63, 3.8) is 0 Å². The Bertz CT molecular complexity index is 799. The SMILES string of the molecule is O=C(c1cnn(-c2ccccc2)c1)N1CCCC(C(=O)N2CCOCC2)C1. The maximum absolute atomic E-state index is 12.9. The average molecular weight is 368 g/mol. The summed E-state index contributed by atoms with van der Waals surface area (Å²) in [6.07, 6.45) is 5.04. The summed E-state index contributed by atoms with van der Waals surface area (Å²) in [5, 5.41) is 4.31. The van der Waals surface area contributed by atoms with Crippen LogP contribution in [0.25, 0.3) is 5.69 Å². The molecule has 142 valence electrons. The Hall–Kier alpha value is -2.67. The number of hydrogen-bond donors (Lipinski definition) is 0. The monoisotopic (exact) mass is 368 g/mol. The molecular formula is C20H24N4O3. The van der Waals surface area contributed by atoms with Gasteiger partial charge in [-0.3, -0.25) is 9.59 Å². The molecule has 0 aliphatic carbocycles. The number of nitrogens with zero attached hydrogens (tertiary/aromatic N) is 4. The highest BCUT2D eigenvalue weighted by molar-refractivity contribution is 5.94. The van der Waals surface area contributed by atoms with Gasteiger partial charge in [0.15, 0.2) is 0 Å². The van der Waals surface area contributed by atoms with Gasteiger partial charge in [-0.2, -0.15) is 5.10 Å². The molecule has 3 heterocycles. The number of morpholine rings is 1. The molecule has 2 amide bonds. The third-order valence-electron chi connectivity index (χ3n) is 5.23. The Labute approximate surface area is 158 Å². The fourth-order valence-corrected chi connectivity index (χ4v) is 3.74. The van der Waals surface area contributed by atoms with Crippen LogP contribution in [0.5, 0.6) is 0 Å². The van der Waals surface area contributed by atoms with Crippen molar-refractivity contribution in [2.45, 2.75) is 12.8 Å². The number of carbonyl (C=O) groups is 2. The number of amides is 2. The van der Waals surface area contributed by atoms with Crippen molar-refractivity contribution in [1.29, 1.82) is 0 Å². The highest BCUT2D eigenvalue weighted by atomic mass is 16.5. The Kier molecular flexibility index (Phi) is 5.20. The van der Waals surface area contributed by atoms with Crippen LogP contribution < -0.4 is 0 Å². The summed E-state index contributed by atoms with van der Waals surface area (Å²) in [5.41, 5.74) is 1.47. The number of piperidine rings is 1. The van der Waals surface area contributed by atoms with Gasteiger partial charge >= 0.3 is 0 Å². The molecule has 0 spiro atoms. The van der Waals surface area contributed by atoms with Gasteiger partial charge in [0.1, 0.15) is 0 Å². The summed E-state index contributed by atoms with van der Waals surface area (Å²) < 4.78 is 7.03. The van der Waals surface area contributed by atoms with Gasteiger partial charge in [0.2, 0.25) is 5.91 Å². The van der Waals surface area contributed by atoms with E-state index in [-0.39, 0.29) is 17.7 Å². The number of hydrogen-bond acceptors (Lipinski definition) is 4. The smallest absolute Gasteiger partial charge is 0.257 e. The van der Waals surface area contributed by atoms with Crippen LogP contribution in [0.1, 0.15) is 23.2 Å². The molecule has 7 heteroatoms. The first-order valence-corrected chi connectivity index (χ1v) is 9.48. The minimum absolute atomic E-state index is 0.0586. The molecule has 4 rings (SSSR count). The lowest BCUT2D eigenvalue weighted by Gasteiger charge is -2.36. The van der Waals surface area contributed by atoms with Crippen LogP contribution in [0.4, 0.5) is 0 Å². The molecule has 7 nitrogen and oxygen atoms in total. The number of likely N-dealkylation sites (tertiary alicyclic amines) is 1. The minimum Gasteiger partial charge on any atom is -0.378 e. The molecule has 2 saturated heterocycles. The lowest BCUT2D eigenvalue weighted by molar-refractivity contribution is -0.141. The summed E-state index contributed by atoms with van der Waals surface area (Å²) in [4.78, 5) is 29.3. The largest absolute Gasteiger partial charge is 0.378 e. The lowest BCUT2D eigenvalue weighted by Crippen LogP contribution is -2.49.